The van der Waals surface area contributed by atoms with E-state index in [1.54, 1.807) is 12.1 Å². The monoisotopic (exact) mass is 619 g/mol. The van der Waals surface area contributed by atoms with Crippen molar-refractivity contribution < 1.29 is 21.5 Å². The number of aryl methyl sites for hydroxylation is 1. The molecule has 0 aliphatic rings. The molecule has 5 rings (SSSR count). The molecule has 0 aliphatic heterocycles. The lowest BCUT2D eigenvalue weighted by atomic mass is 9.98. The molecule has 4 aromatic carbocycles. The first-order valence-corrected chi connectivity index (χ1v) is 11.4. The number of anilines is 2. The van der Waals surface area contributed by atoms with Gasteiger partial charge in [-0.3, -0.25) is 10.8 Å². The topological polar surface area (TPSA) is 117 Å². The van der Waals surface area contributed by atoms with Gasteiger partial charge in [0.2, 0.25) is 11.2 Å². The smallest absolute Gasteiger partial charge is 0.220 e. The van der Waals surface area contributed by atoms with E-state index in [4.69, 9.17) is 16.9 Å². The number of fused-ring (bicyclic) bond motifs is 3. The highest BCUT2D eigenvalue weighted by molar-refractivity contribution is 8.93. The van der Waals surface area contributed by atoms with Crippen LogP contribution in [0.3, 0.4) is 0 Å². The molecule has 0 radical (unpaired) electrons. The molecule has 1 heterocycles. The van der Waals surface area contributed by atoms with Crippen molar-refractivity contribution in [3.8, 4) is 11.3 Å². The average Bonchev–Trinajstić information content (AvgIpc) is 2.88. The van der Waals surface area contributed by atoms with Crippen molar-refractivity contribution in [1.82, 2.24) is 0 Å². The summed E-state index contributed by atoms with van der Waals surface area (Å²) in [4.78, 5) is 0. The van der Waals surface area contributed by atoms with E-state index in [9.17, 15) is 0 Å². The molecule has 0 aliphatic carbocycles. The predicted octanol–water partition coefficient (Wildman–Crippen LogP) is 3.53. The summed E-state index contributed by atoms with van der Waals surface area (Å²) in [6.45, 7) is 2.93. The summed E-state index contributed by atoms with van der Waals surface area (Å²) < 4.78 is 2.30. The zero-order valence-corrected chi connectivity index (χ0v) is 23.4. The zero-order valence-electron chi connectivity index (χ0n) is 20.1. The number of nitrogens with zero attached hydrogens (tertiary/aromatic N) is 3. The fourth-order valence-corrected chi connectivity index (χ4v) is 4.42. The minimum atomic E-state index is 0. The molecule has 0 bridgehead atoms. The molecule has 0 spiro atoms. The van der Waals surface area contributed by atoms with Gasteiger partial charge in [-0.25, -0.2) is 0 Å². The van der Waals surface area contributed by atoms with Crippen LogP contribution >= 0.6 is 17.0 Å². The third-order valence-corrected chi connectivity index (χ3v) is 6.01. The maximum Gasteiger partial charge on any atom is 0.220 e. The van der Waals surface area contributed by atoms with Gasteiger partial charge in [-0.15, -0.1) is 22.1 Å². The SMILES string of the molecule is Br.CC[n+]1c(-c2ccccc2)c2cc(N=NNc3cccc(C(=N)N)c3)ccc2c2ccc(N)cc21.[Br-]. The molecule has 0 saturated heterocycles. The Morgan fingerprint density at radius 3 is 2.38 bits per heavy atom. The third-order valence-electron chi connectivity index (χ3n) is 6.01. The number of benzene rings is 4. The molecule has 7 nitrogen and oxygen atoms in total. The molecular formula is C28H27Br2N7. The summed E-state index contributed by atoms with van der Waals surface area (Å²) in [5.41, 5.74) is 20.8. The number of pyridine rings is 1. The Kier molecular flexibility index (Phi) is 8.96. The lowest BCUT2D eigenvalue weighted by Crippen LogP contribution is -3.00. The zero-order chi connectivity index (χ0) is 24.4. The van der Waals surface area contributed by atoms with Crippen molar-refractivity contribution in [2.45, 2.75) is 13.5 Å². The van der Waals surface area contributed by atoms with Crippen LogP contribution in [0.15, 0.2) is 101 Å². The molecule has 5 aromatic rings. The van der Waals surface area contributed by atoms with Gasteiger partial charge in [0.25, 0.3) is 0 Å². The molecule has 0 unspecified atom stereocenters. The van der Waals surface area contributed by atoms with Gasteiger partial charge in [0.15, 0.2) is 0 Å². The number of aromatic nitrogens is 1. The van der Waals surface area contributed by atoms with Crippen molar-refractivity contribution in [2.24, 2.45) is 16.1 Å². The fraction of sp³-hybridized carbons (Fsp3) is 0.0714. The van der Waals surface area contributed by atoms with Crippen molar-refractivity contribution >= 4 is 61.6 Å². The standard InChI is InChI=1S/C28H25N7.2BrH/c1-2-35-26-16-20(29)11-13-24(26)23-14-12-22(17-25(23)27(35)18-7-4-3-5-8-18)33-34-32-21-10-6-9-19(15-21)28(30)31;;/h3-17,29H,2H2,1H3,(H4,30,31,32,33);2*1H. The average molecular weight is 621 g/mol. The van der Waals surface area contributed by atoms with Crippen LogP contribution < -0.4 is 38.4 Å². The van der Waals surface area contributed by atoms with Crippen LogP contribution in [0.4, 0.5) is 17.1 Å². The molecule has 0 saturated carbocycles. The van der Waals surface area contributed by atoms with Crippen LogP contribution in [0.2, 0.25) is 0 Å². The normalized spacial score (nSPS) is 10.7. The maximum atomic E-state index is 7.60. The van der Waals surface area contributed by atoms with E-state index in [1.807, 2.05) is 48.5 Å². The Morgan fingerprint density at radius 1 is 0.892 bits per heavy atom. The summed E-state index contributed by atoms with van der Waals surface area (Å²) in [5.74, 6) is 0.00627. The Balaban J connectivity index is 0.00000190. The van der Waals surface area contributed by atoms with E-state index < -0.39 is 0 Å². The maximum absolute atomic E-state index is 7.60. The number of halogens is 2. The molecule has 6 N–H and O–H groups in total. The van der Waals surface area contributed by atoms with Crippen LogP contribution in [0.5, 0.6) is 0 Å². The third kappa shape index (κ3) is 5.63. The van der Waals surface area contributed by atoms with Gasteiger partial charge in [0.1, 0.15) is 12.4 Å². The van der Waals surface area contributed by atoms with Gasteiger partial charge >= 0.3 is 0 Å². The Labute approximate surface area is 236 Å². The highest BCUT2D eigenvalue weighted by Crippen LogP contribution is 2.34. The molecule has 188 valence electrons. The quantitative estimate of drug-likeness (QED) is 0.0443. The van der Waals surface area contributed by atoms with Gasteiger partial charge in [0, 0.05) is 28.3 Å². The second kappa shape index (κ2) is 11.9. The summed E-state index contributed by atoms with van der Waals surface area (Å²) in [5, 5.41) is 19.5. The van der Waals surface area contributed by atoms with E-state index in [2.05, 4.69) is 57.6 Å². The number of rotatable bonds is 6. The minimum Gasteiger partial charge on any atom is -1.00 e. The number of amidine groups is 1. The second-order valence-corrected chi connectivity index (χ2v) is 8.27. The molecule has 9 heteroatoms. The van der Waals surface area contributed by atoms with E-state index in [0.717, 1.165) is 50.9 Å². The van der Waals surface area contributed by atoms with E-state index in [-0.39, 0.29) is 39.8 Å². The summed E-state index contributed by atoms with van der Waals surface area (Å²) >= 11 is 0. The summed E-state index contributed by atoms with van der Waals surface area (Å²) in [7, 11) is 0. The summed E-state index contributed by atoms with van der Waals surface area (Å²) in [6.07, 6.45) is 0. The largest absolute Gasteiger partial charge is 1.00 e. The first-order chi connectivity index (χ1) is 17.0. The fourth-order valence-electron chi connectivity index (χ4n) is 4.42. The highest BCUT2D eigenvalue weighted by Gasteiger charge is 2.22. The first-order valence-electron chi connectivity index (χ1n) is 11.4. The Morgan fingerprint density at radius 2 is 1.65 bits per heavy atom. The Bertz CT molecular complexity index is 1600. The summed E-state index contributed by atoms with van der Waals surface area (Å²) in [6, 6.07) is 29.7. The van der Waals surface area contributed by atoms with E-state index in [0.29, 0.717) is 11.3 Å². The minimum absolute atomic E-state index is 0. The second-order valence-electron chi connectivity index (χ2n) is 8.27. The van der Waals surface area contributed by atoms with Crippen LogP contribution in [0.25, 0.3) is 32.9 Å². The van der Waals surface area contributed by atoms with Crippen LogP contribution in [0, 0.1) is 5.41 Å². The van der Waals surface area contributed by atoms with E-state index in [1.165, 1.54) is 0 Å². The number of nitrogen functional groups attached to an aromatic ring is 2. The van der Waals surface area contributed by atoms with Gasteiger partial charge in [0.05, 0.1) is 22.1 Å². The molecule has 37 heavy (non-hydrogen) atoms. The number of hydrogen-bond donors (Lipinski definition) is 4. The highest BCUT2D eigenvalue weighted by atomic mass is 79.9. The van der Waals surface area contributed by atoms with Gasteiger partial charge < -0.3 is 28.4 Å². The lowest BCUT2D eigenvalue weighted by Gasteiger charge is -2.12. The van der Waals surface area contributed by atoms with Crippen molar-refractivity contribution in [2.75, 3.05) is 11.2 Å². The van der Waals surface area contributed by atoms with Crippen molar-refractivity contribution in [1.29, 1.82) is 5.41 Å². The Hall–Kier alpha value is -3.82. The lowest BCUT2D eigenvalue weighted by molar-refractivity contribution is -0.655. The van der Waals surface area contributed by atoms with Gasteiger partial charge in [-0.2, -0.15) is 4.57 Å². The molecule has 0 fully saturated rings. The molecule has 1 aromatic heterocycles. The van der Waals surface area contributed by atoms with Crippen LogP contribution in [-0.4, -0.2) is 5.84 Å². The van der Waals surface area contributed by atoms with Gasteiger partial charge in [-0.05, 0) is 55.5 Å². The number of nitrogens with two attached hydrogens (primary N) is 2. The molecular weight excluding hydrogens is 594 g/mol. The van der Waals surface area contributed by atoms with Gasteiger partial charge in [-0.1, -0.05) is 41.6 Å². The first kappa shape index (κ1) is 27.8. The van der Waals surface area contributed by atoms with Crippen molar-refractivity contribution in [3.05, 3.63) is 96.6 Å². The predicted molar refractivity (Wildman–Crippen MR) is 153 cm³/mol. The molecule has 0 atom stereocenters. The molecule has 0 amide bonds. The van der Waals surface area contributed by atoms with Crippen LogP contribution in [-0.2, 0) is 6.54 Å². The van der Waals surface area contributed by atoms with E-state index >= 15 is 0 Å². The van der Waals surface area contributed by atoms with Crippen LogP contribution in [0.1, 0.15) is 12.5 Å². The number of hydrogen-bond acceptors (Lipinski definition) is 4. The van der Waals surface area contributed by atoms with Crippen molar-refractivity contribution in [3.63, 3.8) is 0 Å². The number of nitrogens with one attached hydrogen (secondary N) is 2.